The summed E-state index contributed by atoms with van der Waals surface area (Å²) >= 11 is 0. The molecule has 2 aromatic rings. The van der Waals surface area contributed by atoms with Crippen molar-refractivity contribution in [2.75, 3.05) is 0 Å². The zero-order chi connectivity index (χ0) is 8.23. The monoisotopic (exact) mass is 153 g/mol. The number of aromatic nitrogens is 1. The Kier molecular flexibility index (Phi) is 1.99. The van der Waals surface area contributed by atoms with Crippen LogP contribution in [0.1, 0.15) is 0 Å². The molecular weight excluding hydrogens is 145 g/mol. The van der Waals surface area contributed by atoms with Crippen molar-refractivity contribution >= 4 is 7.05 Å². The van der Waals surface area contributed by atoms with Crippen LogP contribution in [0.3, 0.4) is 0 Å². The van der Waals surface area contributed by atoms with Gasteiger partial charge in [-0.25, -0.2) is 0 Å². The molecule has 0 atom stereocenters. The van der Waals surface area contributed by atoms with Crippen molar-refractivity contribution in [2.45, 2.75) is 0 Å². The Balaban J connectivity index is 2.46. The van der Waals surface area contributed by atoms with Gasteiger partial charge in [-0.3, -0.25) is 0 Å². The van der Waals surface area contributed by atoms with E-state index in [0.29, 0.717) is 0 Å². The minimum atomic E-state index is 1.03. The van der Waals surface area contributed by atoms with Gasteiger partial charge in [0.1, 0.15) is 0 Å². The van der Waals surface area contributed by atoms with E-state index in [2.05, 4.69) is 17.0 Å². The Morgan fingerprint density at radius 3 is 2.42 bits per heavy atom. The molecule has 56 valence electrons. The van der Waals surface area contributed by atoms with Crippen molar-refractivity contribution in [3.63, 3.8) is 0 Å². The number of hydrogen-bond acceptors (Lipinski definition) is 1. The molecule has 0 saturated heterocycles. The fourth-order valence-corrected chi connectivity index (χ4v) is 1.14. The summed E-state index contributed by atoms with van der Waals surface area (Å²) in [6, 6.07) is 14.2. The molecule has 0 spiro atoms. The van der Waals surface area contributed by atoms with Gasteiger partial charge in [0.15, 0.2) is 0 Å². The van der Waals surface area contributed by atoms with Crippen LogP contribution in [0.15, 0.2) is 48.4 Å². The van der Waals surface area contributed by atoms with E-state index in [1.807, 2.05) is 43.3 Å². The molecule has 0 N–H and O–H groups in total. The van der Waals surface area contributed by atoms with Crippen LogP contribution >= 0.6 is 0 Å². The second-order valence-electron chi connectivity index (χ2n) is 2.58. The van der Waals surface area contributed by atoms with E-state index in [0.717, 1.165) is 11.3 Å². The summed E-state index contributed by atoms with van der Waals surface area (Å²) in [4.78, 5) is 4.25. The Morgan fingerprint density at radius 2 is 1.75 bits per heavy atom. The first kappa shape index (κ1) is 7.23. The first-order valence-corrected chi connectivity index (χ1v) is 3.93. The molecule has 0 aliphatic rings. The molecule has 0 fully saturated rings. The van der Waals surface area contributed by atoms with Crippen LogP contribution in [0.2, 0.25) is 0 Å². The zero-order valence-corrected chi connectivity index (χ0v) is 6.64. The first-order chi connectivity index (χ1) is 5.97. The summed E-state index contributed by atoms with van der Waals surface area (Å²) in [7, 11) is 1.81. The summed E-state index contributed by atoms with van der Waals surface area (Å²) in [6.45, 7) is 0. The molecule has 0 unspecified atom stereocenters. The van der Waals surface area contributed by atoms with E-state index in [9.17, 15) is 0 Å². The molecule has 2 rings (SSSR count). The molecule has 12 heavy (non-hydrogen) atoms. The molecule has 0 amide bonds. The Labute approximate surface area is 72.3 Å². The fraction of sp³-hybridized carbons (Fsp3) is 0. The molecule has 1 nitrogen and oxygen atoms in total. The molecule has 0 bridgehead atoms. The van der Waals surface area contributed by atoms with Crippen molar-refractivity contribution in [1.82, 2.24) is 4.89 Å². The van der Waals surface area contributed by atoms with Gasteiger partial charge in [-0.15, -0.1) is 0 Å². The Morgan fingerprint density at radius 1 is 0.917 bits per heavy atom. The van der Waals surface area contributed by atoms with E-state index in [1.54, 1.807) is 0 Å². The van der Waals surface area contributed by atoms with Gasteiger partial charge < -0.3 is 0 Å². The van der Waals surface area contributed by atoms with Gasteiger partial charge >= 0.3 is 71.6 Å². The molecule has 0 saturated carbocycles. The predicted molar refractivity (Wildman–Crippen MR) is 51.0 cm³/mol. The number of nitrogens with zero attached hydrogens (tertiary/aromatic N) is 1. The summed E-state index contributed by atoms with van der Waals surface area (Å²) in [5, 5.41) is 0. The van der Waals surface area contributed by atoms with Gasteiger partial charge in [0.2, 0.25) is 0 Å². The van der Waals surface area contributed by atoms with Gasteiger partial charge in [0.25, 0.3) is 0 Å². The molecule has 0 aliphatic heterocycles. The summed E-state index contributed by atoms with van der Waals surface area (Å²) in [6.07, 6.45) is 0. The average Bonchev–Trinajstić information content (AvgIpc) is 2.21. The molecule has 1 aromatic carbocycles. The SMILES string of the molecule is b1cccc(-c2ccccc2)n1. The standard InChI is InChI=1S/C10H8BN/c1-2-5-9(6-3-1)10-7-4-8-11-12-10/h1-8H. The predicted octanol–water partition coefficient (Wildman–Crippen LogP) is 2.09. The molecule has 1 heterocycles. The van der Waals surface area contributed by atoms with Crippen LogP contribution in [0.4, 0.5) is 0 Å². The van der Waals surface area contributed by atoms with E-state index in [1.165, 1.54) is 0 Å². The van der Waals surface area contributed by atoms with Crippen LogP contribution in [-0.4, -0.2) is 11.9 Å². The number of hydrogen-bond donors (Lipinski definition) is 0. The van der Waals surface area contributed by atoms with Crippen LogP contribution in [-0.2, 0) is 0 Å². The van der Waals surface area contributed by atoms with Crippen LogP contribution < -0.4 is 0 Å². The van der Waals surface area contributed by atoms with E-state index in [-0.39, 0.29) is 0 Å². The van der Waals surface area contributed by atoms with Crippen molar-refractivity contribution in [1.29, 1.82) is 0 Å². The van der Waals surface area contributed by atoms with Gasteiger partial charge in [-0.1, -0.05) is 0 Å². The van der Waals surface area contributed by atoms with Gasteiger partial charge in [0, 0.05) is 0 Å². The van der Waals surface area contributed by atoms with Crippen molar-refractivity contribution in [3.05, 3.63) is 48.4 Å². The van der Waals surface area contributed by atoms with Crippen molar-refractivity contribution in [3.8, 4) is 11.3 Å². The van der Waals surface area contributed by atoms with Crippen LogP contribution in [0, 0.1) is 0 Å². The fourth-order valence-electron chi connectivity index (χ4n) is 1.14. The van der Waals surface area contributed by atoms with Gasteiger partial charge in [-0.2, -0.15) is 0 Å². The van der Waals surface area contributed by atoms with Gasteiger partial charge in [-0.05, 0) is 0 Å². The molecule has 1 aromatic heterocycles. The third kappa shape index (κ3) is 1.42. The van der Waals surface area contributed by atoms with E-state index >= 15 is 0 Å². The van der Waals surface area contributed by atoms with E-state index < -0.39 is 0 Å². The topological polar surface area (TPSA) is 12.9 Å². The summed E-state index contributed by atoms with van der Waals surface area (Å²) in [5.41, 5.74) is 2.19. The van der Waals surface area contributed by atoms with Crippen LogP contribution in [0.25, 0.3) is 11.3 Å². The first-order valence-electron chi connectivity index (χ1n) is 3.93. The third-order valence-corrected chi connectivity index (χ3v) is 1.73. The summed E-state index contributed by atoms with van der Waals surface area (Å²) < 4.78 is 0. The normalized spacial score (nSPS) is 9.33. The Hall–Kier alpha value is -1.44. The minimum absolute atomic E-state index is 1.03. The van der Waals surface area contributed by atoms with Gasteiger partial charge in [0.05, 0.1) is 0 Å². The maximum absolute atomic E-state index is 4.25. The maximum atomic E-state index is 4.25. The third-order valence-electron chi connectivity index (χ3n) is 1.73. The van der Waals surface area contributed by atoms with Crippen molar-refractivity contribution < 1.29 is 0 Å². The number of benzene rings is 1. The van der Waals surface area contributed by atoms with E-state index in [4.69, 9.17) is 0 Å². The molecular formula is C10H8BN. The summed E-state index contributed by atoms with van der Waals surface area (Å²) in [5.74, 6) is 1.92. The molecule has 0 aliphatic carbocycles. The van der Waals surface area contributed by atoms with Crippen LogP contribution in [0.5, 0.6) is 0 Å². The zero-order valence-electron chi connectivity index (χ0n) is 6.64. The Bertz CT molecular complexity index is 307. The average molecular weight is 153 g/mol. The quantitative estimate of drug-likeness (QED) is 0.611. The number of rotatable bonds is 1. The molecule has 2 heteroatoms. The molecule has 0 radical (unpaired) electrons. The second-order valence-corrected chi connectivity index (χ2v) is 2.58. The second kappa shape index (κ2) is 3.31. The van der Waals surface area contributed by atoms with Crippen molar-refractivity contribution in [2.24, 2.45) is 0 Å².